The van der Waals surface area contributed by atoms with E-state index in [0.29, 0.717) is 0 Å². The van der Waals surface area contributed by atoms with Gasteiger partial charge in [0.05, 0.1) is 11.0 Å². The van der Waals surface area contributed by atoms with Gasteiger partial charge < -0.3 is 4.57 Å². The van der Waals surface area contributed by atoms with Crippen molar-refractivity contribution in [1.82, 2.24) is 4.57 Å². The summed E-state index contributed by atoms with van der Waals surface area (Å²) in [6.07, 6.45) is 9.35. The van der Waals surface area contributed by atoms with Crippen molar-refractivity contribution in [2.24, 2.45) is 0 Å². The Hall–Kier alpha value is -5.22. The highest BCUT2D eigenvalue weighted by Gasteiger charge is 2.17. The Morgan fingerprint density at radius 1 is 0.617 bits per heavy atom. The van der Waals surface area contributed by atoms with Crippen LogP contribution in [0.2, 0.25) is 0 Å². The van der Waals surface area contributed by atoms with Crippen molar-refractivity contribution in [3.05, 3.63) is 158 Å². The topological polar surface area (TPSA) is 4.93 Å². The van der Waals surface area contributed by atoms with Crippen molar-refractivity contribution in [2.75, 3.05) is 0 Å². The van der Waals surface area contributed by atoms with Crippen LogP contribution in [0.15, 0.2) is 152 Å². The minimum atomic E-state index is 0.862. The normalized spacial score (nSPS) is 12.6. The zero-order valence-corrected chi connectivity index (χ0v) is 27.7. The lowest BCUT2D eigenvalue weighted by Crippen LogP contribution is -1.93. The Balaban J connectivity index is 1.23. The maximum absolute atomic E-state index is 3.86. The van der Waals surface area contributed by atoms with E-state index in [1.165, 1.54) is 90.1 Å². The van der Waals surface area contributed by atoms with E-state index in [-0.39, 0.29) is 0 Å². The fourth-order valence-corrected chi connectivity index (χ4v) is 9.62. The first-order valence-corrected chi connectivity index (χ1v) is 17.7. The largest absolute Gasteiger partial charge is 0.309 e. The van der Waals surface area contributed by atoms with Gasteiger partial charge in [-0.25, -0.2) is 0 Å². The third kappa shape index (κ3) is 4.42. The summed E-state index contributed by atoms with van der Waals surface area (Å²) in [5.41, 5.74) is 8.71. The van der Waals surface area contributed by atoms with Crippen LogP contribution in [-0.2, 0) is 0 Å². The van der Waals surface area contributed by atoms with Gasteiger partial charge >= 0.3 is 0 Å². The number of aromatic nitrogens is 1. The fourth-order valence-electron chi connectivity index (χ4n) is 7.18. The summed E-state index contributed by atoms with van der Waals surface area (Å²) in [5.74, 6) is 0. The fraction of sp³-hybridized carbons (Fsp3) is 0.0455. The lowest BCUT2D eigenvalue weighted by atomic mass is 10.0. The molecule has 224 valence electrons. The first-order chi connectivity index (χ1) is 23.2. The van der Waals surface area contributed by atoms with Gasteiger partial charge in [0.15, 0.2) is 0 Å². The Labute approximate surface area is 281 Å². The molecule has 3 aromatic heterocycles. The highest BCUT2D eigenvalue weighted by atomic mass is 32.1. The molecule has 0 radical (unpaired) electrons. The van der Waals surface area contributed by atoms with E-state index < -0.39 is 0 Å². The third-order valence-electron chi connectivity index (χ3n) is 9.35. The molecule has 0 bridgehead atoms. The molecule has 0 spiro atoms. The predicted molar refractivity (Wildman–Crippen MR) is 210 cm³/mol. The SMILES string of the molecule is C=CC/C=C\C(=C/C)c1ccc2c(c1)c1ccccc1n2-c1ccc2sc3c(-c4cccc5c4sc4ccccc45)cccc3c2c1. The summed E-state index contributed by atoms with van der Waals surface area (Å²) in [6, 6.07) is 45.0. The molecule has 0 aliphatic rings. The summed E-state index contributed by atoms with van der Waals surface area (Å²) in [4.78, 5) is 0. The first kappa shape index (κ1) is 28.0. The van der Waals surface area contributed by atoms with Gasteiger partial charge in [-0.05, 0) is 66.9 Å². The summed E-state index contributed by atoms with van der Waals surface area (Å²) in [7, 11) is 0. The molecule has 3 heterocycles. The van der Waals surface area contributed by atoms with E-state index >= 15 is 0 Å². The van der Waals surface area contributed by atoms with Crippen LogP contribution in [0.25, 0.3) is 84.5 Å². The maximum Gasteiger partial charge on any atom is 0.0541 e. The molecular formula is C44H31NS2. The average molecular weight is 638 g/mol. The van der Waals surface area contributed by atoms with Crippen molar-refractivity contribution in [1.29, 1.82) is 0 Å². The monoisotopic (exact) mass is 637 g/mol. The molecule has 1 nitrogen and oxygen atoms in total. The third-order valence-corrected chi connectivity index (χ3v) is 11.8. The van der Waals surface area contributed by atoms with Crippen LogP contribution in [0, 0.1) is 0 Å². The van der Waals surface area contributed by atoms with Crippen molar-refractivity contribution in [3.8, 4) is 16.8 Å². The molecule has 9 aromatic rings. The van der Waals surface area contributed by atoms with E-state index in [2.05, 4.69) is 158 Å². The van der Waals surface area contributed by atoms with Crippen LogP contribution in [-0.4, -0.2) is 4.57 Å². The van der Waals surface area contributed by atoms with Gasteiger partial charge in [0.25, 0.3) is 0 Å². The van der Waals surface area contributed by atoms with E-state index in [1.807, 2.05) is 28.7 Å². The smallest absolute Gasteiger partial charge is 0.0541 e. The highest BCUT2D eigenvalue weighted by Crippen LogP contribution is 2.46. The molecule has 3 heteroatoms. The number of allylic oxidation sites excluding steroid dienone is 5. The van der Waals surface area contributed by atoms with E-state index in [1.54, 1.807) is 0 Å². The molecule has 0 amide bonds. The standard InChI is InChI=1S/C44H31NS2/c1-3-5-6-13-28(4-2)29-22-24-40-37(26-29)31-14-7-9-20-39(31)45(40)30-23-25-42-38(27-30)36-19-12-18-35(44(36)47-42)34-17-11-16-33-32-15-8-10-21-41(32)46-43(33)34/h3-4,6-27H,1,5H2,2H3/b13-6-,28-4+. The zero-order chi connectivity index (χ0) is 31.5. The molecule has 0 N–H and O–H groups in total. The van der Waals surface area contributed by atoms with Crippen molar-refractivity contribution in [3.63, 3.8) is 0 Å². The van der Waals surface area contributed by atoms with Crippen LogP contribution >= 0.6 is 22.7 Å². The van der Waals surface area contributed by atoms with Gasteiger partial charge in [-0.1, -0.05) is 103 Å². The van der Waals surface area contributed by atoms with Crippen molar-refractivity contribution in [2.45, 2.75) is 13.3 Å². The van der Waals surface area contributed by atoms with Gasteiger partial charge in [0.1, 0.15) is 0 Å². The summed E-state index contributed by atoms with van der Waals surface area (Å²) in [6.45, 7) is 5.97. The highest BCUT2D eigenvalue weighted by molar-refractivity contribution is 7.27. The molecule has 0 fully saturated rings. The van der Waals surface area contributed by atoms with E-state index in [4.69, 9.17) is 0 Å². The average Bonchev–Trinajstić information content (AvgIpc) is 3.79. The number of benzene rings is 6. The Morgan fingerprint density at radius 2 is 1.28 bits per heavy atom. The maximum atomic E-state index is 3.86. The van der Waals surface area contributed by atoms with Gasteiger partial charge in [0, 0.05) is 67.9 Å². The molecular weight excluding hydrogens is 607 g/mol. The molecule has 0 saturated carbocycles. The lowest BCUT2D eigenvalue weighted by molar-refractivity contribution is 1.19. The number of rotatable bonds is 6. The van der Waals surface area contributed by atoms with Gasteiger partial charge in [-0.15, -0.1) is 29.3 Å². The number of fused-ring (bicyclic) bond motifs is 9. The molecule has 0 atom stereocenters. The molecule has 47 heavy (non-hydrogen) atoms. The van der Waals surface area contributed by atoms with Crippen LogP contribution in [0.1, 0.15) is 18.9 Å². The number of thiophene rings is 2. The zero-order valence-electron chi connectivity index (χ0n) is 26.0. The van der Waals surface area contributed by atoms with Crippen LogP contribution in [0.5, 0.6) is 0 Å². The molecule has 6 aromatic carbocycles. The molecule has 0 unspecified atom stereocenters. The first-order valence-electron chi connectivity index (χ1n) is 16.1. The van der Waals surface area contributed by atoms with Crippen LogP contribution < -0.4 is 0 Å². The quantitative estimate of drug-likeness (QED) is 0.126. The Morgan fingerprint density at radius 3 is 2.04 bits per heavy atom. The number of para-hydroxylation sites is 1. The minimum absolute atomic E-state index is 0.862. The summed E-state index contributed by atoms with van der Waals surface area (Å²) in [5, 5.41) is 7.83. The van der Waals surface area contributed by atoms with Gasteiger partial charge in [0.2, 0.25) is 0 Å². The van der Waals surface area contributed by atoms with Crippen molar-refractivity contribution < 1.29 is 0 Å². The van der Waals surface area contributed by atoms with Gasteiger partial charge in [-0.3, -0.25) is 0 Å². The summed E-state index contributed by atoms with van der Waals surface area (Å²) >= 11 is 3.80. The second kappa shape index (κ2) is 11.2. The minimum Gasteiger partial charge on any atom is -0.309 e. The molecule has 0 saturated heterocycles. The van der Waals surface area contributed by atoms with Crippen LogP contribution in [0.3, 0.4) is 0 Å². The number of hydrogen-bond donors (Lipinski definition) is 0. The van der Waals surface area contributed by atoms with Crippen LogP contribution in [0.4, 0.5) is 0 Å². The van der Waals surface area contributed by atoms with E-state index in [9.17, 15) is 0 Å². The number of hydrogen-bond acceptors (Lipinski definition) is 2. The molecule has 0 aliphatic carbocycles. The second-order valence-electron chi connectivity index (χ2n) is 12.0. The van der Waals surface area contributed by atoms with Crippen molar-refractivity contribution >= 4 is 90.4 Å². The van der Waals surface area contributed by atoms with E-state index in [0.717, 1.165) is 6.42 Å². The molecule has 0 aliphatic heterocycles. The Kier molecular flexibility index (Phi) is 6.70. The Bertz CT molecular complexity index is 2740. The molecule has 9 rings (SSSR count). The predicted octanol–water partition coefficient (Wildman–Crippen LogP) is 13.7. The number of nitrogens with zero attached hydrogens (tertiary/aromatic N) is 1. The van der Waals surface area contributed by atoms with Gasteiger partial charge in [-0.2, -0.15) is 0 Å². The second-order valence-corrected chi connectivity index (χ2v) is 14.1. The summed E-state index contributed by atoms with van der Waals surface area (Å²) < 4.78 is 7.79. The lowest BCUT2D eigenvalue weighted by Gasteiger charge is -2.09.